The van der Waals surface area contributed by atoms with Gasteiger partial charge < -0.3 is 15.5 Å². The monoisotopic (exact) mass is 355 g/mol. The number of carboxylic acid groups (broad SMARTS) is 1. The molecular weight excluding hydrogens is 334 g/mol. The van der Waals surface area contributed by atoms with Gasteiger partial charge in [-0.15, -0.1) is 0 Å². The number of amides is 1. The summed E-state index contributed by atoms with van der Waals surface area (Å²) < 4.78 is 0. The van der Waals surface area contributed by atoms with Crippen LogP contribution in [0.25, 0.3) is 0 Å². The number of aromatic hydroxyl groups is 1. The van der Waals surface area contributed by atoms with Crippen molar-refractivity contribution in [1.82, 2.24) is 5.32 Å². The summed E-state index contributed by atoms with van der Waals surface area (Å²) in [4.78, 5) is 35.5. The van der Waals surface area contributed by atoms with Crippen LogP contribution in [0, 0.1) is 6.92 Å². The topological polar surface area (TPSA) is 104 Å². The van der Waals surface area contributed by atoms with Crippen LogP contribution in [0.15, 0.2) is 48.5 Å². The number of aryl methyl sites for hydroxylation is 1. The van der Waals surface area contributed by atoms with Crippen LogP contribution in [-0.2, 0) is 16.0 Å². The van der Waals surface area contributed by atoms with Crippen molar-refractivity contribution in [3.05, 3.63) is 65.2 Å². The van der Waals surface area contributed by atoms with Crippen LogP contribution in [0.3, 0.4) is 0 Å². The van der Waals surface area contributed by atoms with Crippen molar-refractivity contribution < 1.29 is 24.6 Å². The first kappa shape index (κ1) is 19.2. The number of carbonyl (C=O) groups is 3. The molecule has 0 heterocycles. The molecule has 0 aliphatic heterocycles. The van der Waals surface area contributed by atoms with Gasteiger partial charge in [0.1, 0.15) is 11.8 Å². The molecule has 0 saturated carbocycles. The fraction of sp³-hybridized carbons (Fsp3) is 0.250. The summed E-state index contributed by atoms with van der Waals surface area (Å²) in [6.07, 6.45) is 0.0276. The van der Waals surface area contributed by atoms with Crippen molar-refractivity contribution in [2.24, 2.45) is 0 Å². The molecule has 0 aliphatic carbocycles. The molecule has 26 heavy (non-hydrogen) atoms. The third-order valence-electron chi connectivity index (χ3n) is 3.96. The Hall–Kier alpha value is -3.15. The van der Waals surface area contributed by atoms with Crippen LogP contribution in [0.1, 0.15) is 34.3 Å². The number of carbonyl (C=O) groups excluding carboxylic acids is 2. The van der Waals surface area contributed by atoms with E-state index in [2.05, 4.69) is 5.32 Å². The number of Topliss-reactive ketones (excluding diaryl/α,β-unsaturated/α-hetero) is 1. The van der Waals surface area contributed by atoms with Gasteiger partial charge in [-0.25, -0.2) is 4.79 Å². The largest absolute Gasteiger partial charge is 0.508 e. The molecule has 2 aromatic rings. The highest BCUT2D eigenvalue weighted by Crippen LogP contribution is 2.12. The summed E-state index contributed by atoms with van der Waals surface area (Å²) in [5.74, 6) is -1.72. The average molecular weight is 355 g/mol. The van der Waals surface area contributed by atoms with Gasteiger partial charge in [-0.3, -0.25) is 9.59 Å². The van der Waals surface area contributed by atoms with Crippen molar-refractivity contribution in [1.29, 1.82) is 0 Å². The predicted molar refractivity (Wildman–Crippen MR) is 96.1 cm³/mol. The van der Waals surface area contributed by atoms with Gasteiger partial charge in [0.05, 0.1) is 0 Å². The van der Waals surface area contributed by atoms with E-state index in [0.717, 1.165) is 5.56 Å². The van der Waals surface area contributed by atoms with E-state index in [1.807, 2.05) is 19.1 Å². The number of aliphatic carboxylic acids is 1. The second kappa shape index (κ2) is 8.80. The highest BCUT2D eigenvalue weighted by molar-refractivity contribution is 5.98. The van der Waals surface area contributed by atoms with Gasteiger partial charge in [0.25, 0.3) is 0 Å². The van der Waals surface area contributed by atoms with Crippen molar-refractivity contribution in [3.63, 3.8) is 0 Å². The number of carboxylic acids is 1. The first-order valence-electron chi connectivity index (χ1n) is 8.25. The highest BCUT2D eigenvalue weighted by Gasteiger charge is 2.21. The number of phenols is 1. The minimum atomic E-state index is -1.16. The zero-order valence-corrected chi connectivity index (χ0v) is 14.4. The van der Waals surface area contributed by atoms with Crippen LogP contribution in [-0.4, -0.2) is 33.9 Å². The van der Waals surface area contributed by atoms with Crippen molar-refractivity contribution in [2.45, 2.75) is 32.2 Å². The molecule has 136 valence electrons. The number of benzene rings is 2. The summed E-state index contributed by atoms with van der Waals surface area (Å²) in [5, 5.41) is 21.0. The smallest absolute Gasteiger partial charge is 0.326 e. The second-order valence-electron chi connectivity index (χ2n) is 6.12. The predicted octanol–water partition coefficient (Wildman–Crippen LogP) is 2.48. The van der Waals surface area contributed by atoms with E-state index in [4.69, 9.17) is 0 Å². The minimum absolute atomic E-state index is 0.0143. The third-order valence-corrected chi connectivity index (χ3v) is 3.96. The van der Waals surface area contributed by atoms with Gasteiger partial charge in [0.2, 0.25) is 5.91 Å². The second-order valence-corrected chi connectivity index (χ2v) is 6.12. The average Bonchev–Trinajstić information content (AvgIpc) is 2.61. The Labute approximate surface area is 151 Å². The Kier molecular flexibility index (Phi) is 6.49. The molecule has 6 nitrogen and oxygen atoms in total. The van der Waals surface area contributed by atoms with Crippen molar-refractivity contribution >= 4 is 17.7 Å². The molecule has 0 aliphatic rings. The van der Waals surface area contributed by atoms with Crippen LogP contribution < -0.4 is 5.32 Å². The SMILES string of the molecule is Cc1ccc(C(=O)CCC(=O)NC(Cc2ccc(O)cc2)C(=O)O)cc1. The van der Waals surface area contributed by atoms with E-state index in [1.165, 1.54) is 12.1 Å². The van der Waals surface area contributed by atoms with E-state index < -0.39 is 17.9 Å². The molecule has 0 spiro atoms. The first-order chi connectivity index (χ1) is 12.3. The normalized spacial score (nSPS) is 11.6. The molecule has 0 saturated heterocycles. The Balaban J connectivity index is 1.88. The van der Waals surface area contributed by atoms with Gasteiger partial charge in [-0.05, 0) is 24.6 Å². The zero-order chi connectivity index (χ0) is 19.1. The first-order valence-corrected chi connectivity index (χ1v) is 8.25. The third kappa shape index (κ3) is 5.73. The van der Waals surface area contributed by atoms with Crippen LogP contribution >= 0.6 is 0 Å². The van der Waals surface area contributed by atoms with Crippen molar-refractivity contribution in [2.75, 3.05) is 0 Å². The minimum Gasteiger partial charge on any atom is -0.508 e. The van der Waals surface area contributed by atoms with E-state index in [1.54, 1.807) is 24.3 Å². The molecule has 2 rings (SSSR count). The molecule has 1 unspecified atom stereocenters. The highest BCUT2D eigenvalue weighted by atomic mass is 16.4. The summed E-state index contributed by atoms with van der Waals surface area (Å²) in [5.41, 5.74) is 2.24. The number of hydrogen-bond acceptors (Lipinski definition) is 4. The van der Waals surface area contributed by atoms with Gasteiger partial charge in [-0.1, -0.05) is 42.0 Å². The van der Waals surface area contributed by atoms with Crippen LogP contribution in [0.2, 0.25) is 0 Å². The Morgan fingerprint density at radius 3 is 2.15 bits per heavy atom. The van der Waals surface area contributed by atoms with Gasteiger partial charge in [0.15, 0.2) is 5.78 Å². The Bertz CT molecular complexity index is 781. The Morgan fingerprint density at radius 1 is 0.962 bits per heavy atom. The molecule has 1 atom stereocenters. The van der Waals surface area contributed by atoms with Crippen LogP contribution in [0.4, 0.5) is 0 Å². The maximum absolute atomic E-state index is 12.1. The molecule has 0 fully saturated rings. The maximum Gasteiger partial charge on any atom is 0.326 e. The molecule has 0 aromatic heterocycles. The quantitative estimate of drug-likeness (QED) is 0.631. The van der Waals surface area contributed by atoms with E-state index >= 15 is 0 Å². The standard InChI is InChI=1S/C20H21NO5/c1-13-2-6-15(7-3-13)18(23)10-11-19(24)21-17(20(25)26)12-14-4-8-16(22)9-5-14/h2-9,17,22H,10-12H2,1H3,(H,21,24)(H,25,26). The lowest BCUT2D eigenvalue weighted by molar-refractivity contribution is -0.141. The lowest BCUT2D eigenvalue weighted by Crippen LogP contribution is -2.42. The number of rotatable bonds is 8. The zero-order valence-electron chi connectivity index (χ0n) is 14.4. The molecule has 3 N–H and O–H groups in total. The summed E-state index contributed by atoms with van der Waals surface area (Å²) in [6, 6.07) is 12.1. The number of nitrogens with one attached hydrogen (secondary N) is 1. The maximum atomic E-state index is 12.1. The molecule has 0 radical (unpaired) electrons. The Morgan fingerprint density at radius 2 is 1.58 bits per heavy atom. The van der Waals surface area contributed by atoms with Crippen LogP contribution in [0.5, 0.6) is 5.75 Å². The van der Waals surface area contributed by atoms with Gasteiger partial charge in [0, 0.05) is 24.8 Å². The number of phenolic OH excluding ortho intramolecular Hbond substituents is 1. The number of ketones is 1. The fourth-order valence-electron chi connectivity index (χ4n) is 2.45. The molecule has 6 heteroatoms. The van der Waals surface area contributed by atoms with E-state index in [-0.39, 0.29) is 30.8 Å². The lowest BCUT2D eigenvalue weighted by atomic mass is 10.0. The summed E-state index contributed by atoms with van der Waals surface area (Å²) in [7, 11) is 0. The van der Waals surface area contributed by atoms with E-state index in [0.29, 0.717) is 11.1 Å². The molecule has 2 aromatic carbocycles. The molecular formula is C20H21NO5. The van der Waals surface area contributed by atoms with E-state index in [9.17, 15) is 24.6 Å². The van der Waals surface area contributed by atoms with Crippen molar-refractivity contribution in [3.8, 4) is 5.75 Å². The fourth-order valence-corrected chi connectivity index (χ4v) is 2.45. The molecule has 1 amide bonds. The van der Waals surface area contributed by atoms with Gasteiger partial charge >= 0.3 is 5.97 Å². The number of hydrogen-bond donors (Lipinski definition) is 3. The molecule has 0 bridgehead atoms. The summed E-state index contributed by atoms with van der Waals surface area (Å²) in [6.45, 7) is 1.92. The summed E-state index contributed by atoms with van der Waals surface area (Å²) >= 11 is 0. The lowest BCUT2D eigenvalue weighted by Gasteiger charge is -2.14. The van der Waals surface area contributed by atoms with Gasteiger partial charge in [-0.2, -0.15) is 0 Å².